The average Bonchev–Trinajstić information content (AvgIpc) is 2.71. The molecule has 2 unspecified atom stereocenters. The number of halogens is 1. The van der Waals surface area contributed by atoms with Crippen molar-refractivity contribution in [1.82, 2.24) is 10.4 Å². The molecular weight excluding hydrogens is 428 g/mol. The van der Waals surface area contributed by atoms with Crippen LogP contribution in [-0.2, 0) is 4.79 Å². The molecule has 2 atom stereocenters. The van der Waals surface area contributed by atoms with Crippen LogP contribution in [-0.4, -0.2) is 17.0 Å². The number of carbonyl (C=O) groups excluding carboxylic acids is 1. The molecule has 1 aromatic heterocycles. The quantitative estimate of drug-likeness (QED) is 0.207. The van der Waals surface area contributed by atoms with Crippen molar-refractivity contribution in [2.45, 2.75) is 52.4 Å². The van der Waals surface area contributed by atoms with Crippen LogP contribution >= 0.6 is 20.8 Å². The number of rotatable bonds is 9. The van der Waals surface area contributed by atoms with Gasteiger partial charge < -0.3 is 5.43 Å². The van der Waals surface area contributed by atoms with E-state index in [0.717, 1.165) is 28.7 Å². The van der Waals surface area contributed by atoms with Crippen LogP contribution in [0.5, 0.6) is 0 Å². The first-order chi connectivity index (χ1) is 13.5. The summed E-state index contributed by atoms with van der Waals surface area (Å²) < 4.78 is 0. The molecule has 1 aromatic carbocycles. The van der Waals surface area contributed by atoms with Gasteiger partial charge in [0.2, 0.25) is 0 Å². The Kier molecular flexibility index (Phi) is 17.5. The van der Waals surface area contributed by atoms with Crippen molar-refractivity contribution >= 4 is 38.1 Å². The standard InChI is InChI=1S/C14H20ClOP.C8H9N3.K/c1-3-5-10(8-12(16)4-2)11-6-7-13(15)14(17)9-11;1-2-10-11-7-8-3-5-9-6-4-8;/h6-7,9-10H,3-5,8,17H2,1-2H3;2-6,10H,1H3;/q;-2;+1. The maximum atomic E-state index is 11.6. The second-order valence-corrected chi connectivity index (χ2v) is 7.27. The van der Waals surface area contributed by atoms with Gasteiger partial charge >= 0.3 is 51.4 Å². The molecule has 0 aliphatic rings. The summed E-state index contributed by atoms with van der Waals surface area (Å²) in [5, 5.41) is 5.55. The van der Waals surface area contributed by atoms with E-state index >= 15 is 0 Å². The molecule has 0 radical (unpaired) electrons. The number of carbonyl (C=O) groups is 1. The van der Waals surface area contributed by atoms with E-state index in [4.69, 9.17) is 11.6 Å². The third-order valence-corrected chi connectivity index (χ3v) is 5.06. The van der Waals surface area contributed by atoms with E-state index in [1.165, 1.54) is 5.56 Å². The van der Waals surface area contributed by atoms with E-state index in [0.29, 0.717) is 24.5 Å². The molecule has 152 valence electrons. The molecule has 7 heteroatoms. The Labute approximate surface area is 225 Å². The second-order valence-electron chi connectivity index (χ2n) is 6.24. The van der Waals surface area contributed by atoms with Crippen molar-refractivity contribution < 1.29 is 56.2 Å². The maximum Gasteiger partial charge on any atom is 1.00 e. The van der Waals surface area contributed by atoms with Crippen LogP contribution in [0.3, 0.4) is 0 Å². The Morgan fingerprint density at radius 3 is 2.55 bits per heavy atom. The molecule has 4 nitrogen and oxygen atoms in total. The van der Waals surface area contributed by atoms with Gasteiger partial charge in [0.15, 0.2) is 0 Å². The number of nitrogens with zero attached hydrogens (tertiary/aromatic N) is 2. The van der Waals surface area contributed by atoms with Gasteiger partial charge in [-0.25, -0.2) is 6.54 Å². The molecule has 29 heavy (non-hydrogen) atoms. The molecule has 0 saturated carbocycles. The van der Waals surface area contributed by atoms with Gasteiger partial charge in [-0.2, -0.15) is 12.5 Å². The molecule has 0 spiro atoms. The summed E-state index contributed by atoms with van der Waals surface area (Å²) in [6.07, 6.45) is 9.61. The second kappa shape index (κ2) is 17.5. The normalized spacial score (nSPS) is 11.2. The molecule has 2 aromatic rings. The zero-order chi connectivity index (χ0) is 20.8. The van der Waals surface area contributed by atoms with Crippen LogP contribution in [0.1, 0.15) is 63.5 Å². The van der Waals surface area contributed by atoms with Crippen LogP contribution in [0, 0.1) is 6.54 Å². The number of hydrogen-bond acceptors (Lipinski definition) is 4. The van der Waals surface area contributed by atoms with E-state index in [-0.39, 0.29) is 51.4 Å². The first-order valence-electron chi connectivity index (χ1n) is 9.47. The fourth-order valence-electron chi connectivity index (χ4n) is 2.56. The zero-order valence-corrected chi connectivity index (χ0v) is 22.8. The average molecular weight is 457 g/mol. The van der Waals surface area contributed by atoms with Crippen molar-refractivity contribution in [1.29, 1.82) is 0 Å². The van der Waals surface area contributed by atoms with Gasteiger partial charge in [-0.05, 0) is 41.7 Å². The Morgan fingerprint density at radius 2 is 2.00 bits per heavy atom. The minimum atomic E-state index is 0. The minimum absolute atomic E-state index is 0. The number of pyridine rings is 1. The van der Waals surface area contributed by atoms with E-state index < -0.39 is 0 Å². The first kappa shape index (κ1) is 28.9. The van der Waals surface area contributed by atoms with E-state index in [1.54, 1.807) is 18.9 Å². The van der Waals surface area contributed by atoms with Crippen LogP contribution in [0.2, 0.25) is 5.02 Å². The van der Waals surface area contributed by atoms with Crippen LogP contribution in [0.15, 0.2) is 47.8 Å². The number of benzene rings is 1. The molecule has 2 rings (SSSR count). The predicted octanol–water partition coefficient (Wildman–Crippen LogP) is 2.16. The Bertz CT molecular complexity index is 744. The van der Waals surface area contributed by atoms with Crippen molar-refractivity contribution in [3.8, 4) is 0 Å². The van der Waals surface area contributed by atoms with Gasteiger partial charge in [0.1, 0.15) is 5.78 Å². The van der Waals surface area contributed by atoms with Gasteiger partial charge in [-0.15, -0.1) is 21.4 Å². The zero-order valence-electron chi connectivity index (χ0n) is 17.8. The van der Waals surface area contributed by atoms with Crippen LogP contribution < -0.4 is 62.1 Å². The maximum absolute atomic E-state index is 11.6. The Balaban J connectivity index is 0.000000568. The number of ketones is 1. The van der Waals surface area contributed by atoms with Gasteiger partial charge in [0.05, 0.1) is 0 Å². The number of hydrazone groups is 1. The molecule has 0 aliphatic carbocycles. The van der Waals surface area contributed by atoms with Gasteiger partial charge in [-0.3, -0.25) is 14.9 Å². The molecule has 0 amide bonds. The van der Waals surface area contributed by atoms with Gasteiger partial charge in [0, 0.05) is 17.9 Å². The first-order valence-corrected chi connectivity index (χ1v) is 10.4. The largest absolute Gasteiger partial charge is 1.00 e. The molecular formula is C22H29ClKN3OP-. The summed E-state index contributed by atoms with van der Waals surface area (Å²) in [5.74, 6) is 0.674. The third kappa shape index (κ3) is 12.3. The minimum Gasteiger partial charge on any atom is -0.469 e. The summed E-state index contributed by atoms with van der Waals surface area (Å²) >= 11 is 6.01. The molecule has 0 saturated heterocycles. The Morgan fingerprint density at radius 1 is 1.31 bits per heavy atom. The molecule has 0 aliphatic heterocycles. The fourth-order valence-corrected chi connectivity index (χ4v) is 2.96. The summed E-state index contributed by atoms with van der Waals surface area (Å²) in [6, 6.07) is 9.70. The predicted molar refractivity (Wildman–Crippen MR) is 122 cm³/mol. The smallest absolute Gasteiger partial charge is 0.469 e. The molecule has 1 heterocycles. The van der Waals surface area contributed by atoms with Crippen LogP contribution in [0.25, 0.3) is 0 Å². The topological polar surface area (TPSA) is 54.4 Å². The van der Waals surface area contributed by atoms with Crippen molar-refractivity contribution in [2.75, 3.05) is 0 Å². The SMILES string of the molecule is CCCC(CC(=O)CC)c1ccc(Cl)c(P)c1.C[CH-]NN=[C-]c1ccncc1.[K+]. The summed E-state index contributed by atoms with van der Waals surface area (Å²) in [6.45, 7) is 7.67. The van der Waals surface area contributed by atoms with Gasteiger partial charge in [-0.1, -0.05) is 50.2 Å². The van der Waals surface area contributed by atoms with Crippen molar-refractivity contribution in [3.63, 3.8) is 0 Å². The van der Waals surface area contributed by atoms with Crippen LogP contribution in [0.4, 0.5) is 0 Å². The van der Waals surface area contributed by atoms with E-state index in [2.05, 4.69) is 44.0 Å². The summed E-state index contributed by atoms with van der Waals surface area (Å²) in [5.41, 5.74) is 4.80. The fraction of sp³-hybridized carbons (Fsp3) is 0.364. The summed E-state index contributed by atoms with van der Waals surface area (Å²) in [4.78, 5) is 15.5. The van der Waals surface area contributed by atoms with Crippen molar-refractivity contribution in [2.24, 2.45) is 5.10 Å². The Hall–Kier alpha value is -0.134. The van der Waals surface area contributed by atoms with Crippen molar-refractivity contribution in [3.05, 3.63) is 65.4 Å². The monoisotopic (exact) mass is 456 g/mol. The molecule has 0 fully saturated rings. The van der Waals surface area contributed by atoms with Gasteiger partial charge in [0.25, 0.3) is 0 Å². The number of aromatic nitrogens is 1. The molecule has 1 N–H and O–H groups in total. The van der Waals surface area contributed by atoms with E-state index in [1.807, 2.05) is 38.1 Å². The molecule has 0 bridgehead atoms. The summed E-state index contributed by atoms with van der Waals surface area (Å²) in [7, 11) is 2.64. The van der Waals surface area contributed by atoms with E-state index in [9.17, 15) is 4.79 Å². The number of nitrogens with one attached hydrogen (secondary N) is 1. The number of Topliss-reactive ketones (excluding diaryl/α,β-unsaturated/α-hetero) is 1. The third-order valence-electron chi connectivity index (χ3n) is 4.06. The number of hydrogen-bond donors (Lipinski definition) is 1.